The molecule has 1 N–H and O–H groups in total. The van der Waals surface area contributed by atoms with Crippen molar-refractivity contribution in [2.45, 2.75) is 39.1 Å². The summed E-state index contributed by atoms with van der Waals surface area (Å²) in [6.45, 7) is 8.37. The molecule has 0 spiro atoms. The molecule has 0 atom stereocenters. The highest BCUT2D eigenvalue weighted by Gasteiger charge is 2.20. The lowest BCUT2D eigenvalue weighted by Crippen LogP contribution is -2.23. The largest absolute Gasteiger partial charge is 0.322 e. The monoisotopic (exact) mass is 438 g/mol. The zero-order valence-electron chi connectivity index (χ0n) is 17.5. The van der Waals surface area contributed by atoms with Gasteiger partial charge in [-0.25, -0.2) is 12.7 Å². The third-order valence-electron chi connectivity index (χ3n) is 4.26. The molecule has 9 heteroatoms. The van der Waals surface area contributed by atoms with Crippen molar-refractivity contribution in [2.75, 3.05) is 19.4 Å². The minimum absolute atomic E-state index is 0.151. The molecule has 7 nitrogen and oxygen atoms in total. The fourth-order valence-corrected chi connectivity index (χ4v) is 4.17. The van der Waals surface area contributed by atoms with Gasteiger partial charge in [0.2, 0.25) is 15.9 Å². The summed E-state index contributed by atoms with van der Waals surface area (Å²) in [5.41, 5.74) is 2.41. The Labute approximate surface area is 177 Å². The van der Waals surface area contributed by atoms with E-state index in [2.05, 4.69) is 24.3 Å². The number of anilines is 1. The maximum atomic E-state index is 12.4. The summed E-state index contributed by atoms with van der Waals surface area (Å²) >= 11 is 6.38. The molecule has 0 aliphatic carbocycles. The van der Waals surface area contributed by atoms with Crippen molar-refractivity contribution in [3.8, 4) is 0 Å². The van der Waals surface area contributed by atoms with Crippen LogP contribution in [0.15, 0.2) is 29.2 Å². The van der Waals surface area contributed by atoms with Crippen LogP contribution < -0.4 is 5.32 Å². The van der Waals surface area contributed by atoms with Gasteiger partial charge in [-0.2, -0.15) is 5.10 Å². The average molecular weight is 439 g/mol. The van der Waals surface area contributed by atoms with Gasteiger partial charge >= 0.3 is 0 Å². The summed E-state index contributed by atoms with van der Waals surface area (Å²) in [5, 5.41) is 7.58. The summed E-state index contributed by atoms with van der Waals surface area (Å²) in [6, 6.07) is 4.77. The number of amides is 1. The topological polar surface area (TPSA) is 84.3 Å². The predicted octanol–water partition coefficient (Wildman–Crippen LogP) is 3.71. The highest BCUT2D eigenvalue weighted by atomic mass is 35.5. The van der Waals surface area contributed by atoms with E-state index in [0.29, 0.717) is 34.4 Å². The first-order chi connectivity index (χ1) is 13.4. The highest BCUT2D eigenvalue weighted by Crippen LogP contribution is 2.24. The van der Waals surface area contributed by atoms with E-state index in [1.807, 2.05) is 6.92 Å². The molecule has 0 aliphatic heterocycles. The van der Waals surface area contributed by atoms with Crippen molar-refractivity contribution in [1.29, 1.82) is 0 Å². The second kappa shape index (κ2) is 9.11. The molecule has 2 rings (SSSR count). The Bertz CT molecular complexity index is 1040. The Balaban J connectivity index is 2.21. The van der Waals surface area contributed by atoms with Crippen molar-refractivity contribution < 1.29 is 13.2 Å². The quantitative estimate of drug-likeness (QED) is 0.668. The minimum atomic E-state index is -3.60. The predicted molar refractivity (Wildman–Crippen MR) is 117 cm³/mol. The molecule has 2 aromatic rings. The van der Waals surface area contributed by atoms with Gasteiger partial charge in [0.05, 0.1) is 10.6 Å². The lowest BCUT2D eigenvalue weighted by atomic mass is 10.2. The van der Waals surface area contributed by atoms with Gasteiger partial charge in [0, 0.05) is 38.0 Å². The second-order valence-electron chi connectivity index (χ2n) is 7.46. The van der Waals surface area contributed by atoms with Crippen molar-refractivity contribution in [2.24, 2.45) is 5.92 Å². The van der Waals surface area contributed by atoms with Crippen LogP contribution in [0.1, 0.15) is 30.7 Å². The number of carbonyl (C=O) groups is 1. The number of sulfonamides is 1. The maximum absolute atomic E-state index is 12.4. The fourth-order valence-electron chi connectivity index (χ4n) is 2.72. The number of carbonyl (C=O) groups excluding carboxylic acids is 1. The zero-order valence-corrected chi connectivity index (χ0v) is 19.1. The summed E-state index contributed by atoms with van der Waals surface area (Å²) in [4.78, 5) is 12.5. The van der Waals surface area contributed by atoms with Crippen LogP contribution in [-0.2, 0) is 21.4 Å². The number of benzene rings is 1. The number of hydrogen-bond acceptors (Lipinski definition) is 4. The minimum Gasteiger partial charge on any atom is -0.322 e. The average Bonchev–Trinajstić information content (AvgIpc) is 2.87. The van der Waals surface area contributed by atoms with Crippen LogP contribution in [0.25, 0.3) is 6.08 Å². The van der Waals surface area contributed by atoms with E-state index in [9.17, 15) is 13.2 Å². The van der Waals surface area contributed by atoms with E-state index in [1.165, 1.54) is 26.2 Å². The summed E-state index contributed by atoms with van der Waals surface area (Å²) in [6.07, 6.45) is 2.97. The number of rotatable bonds is 7. The summed E-state index contributed by atoms with van der Waals surface area (Å²) in [5.74, 6) is -0.00441. The van der Waals surface area contributed by atoms with Gasteiger partial charge in [-0.3, -0.25) is 9.48 Å². The lowest BCUT2D eigenvalue weighted by Gasteiger charge is -2.14. The molecule has 29 heavy (non-hydrogen) atoms. The van der Waals surface area contributed by atoms with E-state index in [1.54, 1.807) is 29.8 Å². The molecule has 0 unspecified atom stereocenters. The summed E-state index contributed by atoms with van der Waals surface area (Å²) < 4.78 is 27.7. The molecule has 0 bridgehead atoms. The van der Waals surface area contributed by atoms with Gasteiger partial charge in [-0.15, -0.1) is 0 Å². The van der Waals surface area contributed by atoms with Gasteiger partial charge < -0.3 is 5.32 Å². The molecule has 1 amide bonds. The Morgan fingerprint density at radius 3 is 2.55 bits per heavy atom. The van der Waals surface area contributed by atoms with Crippen LogP contribution in [0.3, 0.4) is 0 Å². The van der Waals surface area contributed by atoms with E-state index >= 15 is 0 Å². The van der Waals surface area contributed by atoms with Crippen LogP contribution in [-0.4, -0.2) is 42.5 Å². The molecule has 1 aromatic carbocycles. The number of aromatic nitrogens is 2. The third kappa shape index (κ3) is 5.46. The van der Waals surface area contributed by atoms with Crippen LogP contribution in [0.2, 0.25) is 5.15 Å². The molecule has 1 aromatic heterocycles. The molecule has 0 aliphatic rings. The second-order valence-corrected chi connectivity index (χ2v) is 9.93. The Kier molecular flexibility index (Phi) is 7.26. The smallest absolute Gasteiger partial charge is 0.248 e. The first kappa shape index (κ1) is 23.1. The molecule has 0 saturated carbocycles. The lowest BCUT2D eigenvalue weighted by molar-refractivity contribution is -0.111. The number of hydrogen-bond donors (Lipinski definition) is 1. The number of nitrogens with zero attached hydrogens (tertiary/aromatic N) is 3. The number of aryl methyl sites for hydroxylation is 2. The van der Waals surface area contributed by atoms with Crippen molar-refractivity contribution in [3.05, 3.63) is 46.2 Å². The Morgan fingerprint density at radius 1 is 1.31 bits per heavy atom. The normalized spacial score (nSPS) is 12.3. The van der Waals surface area contributed by atoms with E-state index in [-0.39, 0.29) is 4.90 Å². The van der Waals surface area contributed by atoms with Crippen molar-refractivity contribution in [3.63, 3.8) is 0 Å². The van der Waals surface area contributed by atoms with Crippen LogP contribution >= 0.6 is 11.6 Å². The van der Waals surface area contributed by atoms with E-state index in [0.717, 1.165) is 10.00 Å². The molecule has 1 heterocycles. The Morgan fingerprint density at radius 2 is 1.97 bits per heavy atom. The van der Waals surface area contributed by atoms with E-state index < -0.39 is 15.9 Å². The third-order valence-corrected chi connectivity index (χ3v) is 6.62. The summed E-state index contributed by atoms with van der Waals surface area (Å²) in [7, 11) is -0.671. The SMILES string of the molecule is Cc1ccc(NC(=O)/C=C/c2c(C)nn(CC(C)C)c2Cl)cc1S(=O)(=O)N(C)C. The van der Waals surface area contributed by atoms with Crippen molar-refractivity contribution >= 4 is 39.3 Å². The van der Waals surface area contributed by atoms with Gasteiger partial charge in [0.15, 0.2) is 0 Å². The van der Waals surface area contributed by atoms with Crippen LogP contribution in [0.5, 0.6) is 0 Å². The molecular formula is C20H27ClN4O3S. The van der Waals surface area contributed by atoms with E-state index in [4.69, 9.17) is 11.6 Å². The zero-order chi connectivity index (χ0) is 21.9. The molecule has 0 saturated heterocycles. The van der Waals surface area contributed by atoms with Crippen LogP contribution in [0.4, 0.5) is 5.69 Å². The number of nitrogens with one attached hydrogen (secondary N) is 1. The fraction of sp³-hybridized carbons (Fsp3) is 0.400. The van der Waals surface area contributed by atoms with Crippen LogP contribution in [0, 0.1) is 19.8 Å². The first-order valence-corrected chi connectivity index (χ1v) is 11.0. The highest BCUT2D eigenvalue weighted by molar-refractivity contribution is 7.89. The standard InChI is InChI=1S/C20H27ClN4O3S/c1-13(2)12-25-20(21)17(15(4)23-25)9-10-19(26)22-16-8-7-14(3)18(11-16)29(27,28)24(5)6/h7-11,13H,12H2,1-6H3,(H,22,26)/b10-9+. The maximum Gasteiger partial charge on any atom is 0.248 e. The molecule has 0 radical (unpaired) electrons. The molecule has 0 fully saturated rings. The first-order valence-electron chi connectivity index (χ1n) is 9.18. The Hall–Kier alpha value is -2.16. The van der Waals surface area contributed by atoms with Gasteiger partial charge in [0.1, 0.15) is 5.15 Å². The van der Waals surface area contributed by atoms with Gasteiger partial charge in [-0.05, 0) is 43.5 Å². The van der Waals surface area contributed by atoms with Gasteiger partial charge in [-0.1, -0.05) is 31.5 Å². The molecular weight excluding hydrogens is 412 g/mol. The van der Waals surface area contributed by atoms with Gasteiger partial charge in [0.25, 0.3) is 0 Å². The number of halogens is 1. The van der Waals surface area contributed by atoms with Crippen molar-refractivity contribution in [1.82, 2.24) is 14.1 Å². The molecule has 158 valence electrons.